The number of nitrogens with zero attached hydrogens (tertiary/aromatic N) is 2. The minimum atomic E-state index is 0.288. The lowest BCUT2D eigenvalue weighted by Gasteiger charge is -2.25. The molecule has 3 nitrogen and oxygen atoms in total. The molecule has 1 aliphatic heterocycles. The average Bonchev–Trinajstić information content (AvgIpc) is 2.75. The predicted molar refractivity (Wildman–Crippen MR) is 64.0 cm³/mol. The quantitative estimate of drug-likeness (QED) is 0.854. The Bertz CT molecular complexity index is 321. The highest BCUT2D eigenvalue weighted by Gasteiger charge is 2.34. The molecule has 2 N–H and O–H groups in total. The molecule has 1 aromatic rings. The van der Waals surface area contributed by atoms with E-state index in [1.54, 1.807) is 11.3 Å². The van der Waals surface area contributed by atoms with E-state index in [1.165, 1.54) is 11.3 Å². The van der Waals surface area contributed by atoms with Crippen molar-refractivity contribution in [1.29, 1.82) is 0 Å². The van der Waals surface area contributed by atoms with Crippen molar-refractivity contribution >= 4 is 11.3 Å². The maximum atomic E-state index is 6.20. The standard InChI is InChI=1S/C11H19N3S/c1-3-5-14-6-4-9(12)10(14)11-8(2)13-7-15-11/h7,9-10H,3-6,12H2,1-2H3/t9-,10-/m1/s1. The van der Waals surface area contributed by atoms with E-state index in [9.17, 15) is 0 Å². The second kappa shape index (κ2) is 4.60. The van der Waals surface area contributed by atoms with Gasteiger partial charge in [0.1, 0.15) is 0 Å². The number of thiazole rings is 1. The highest BCUT2D eigenvalue weighted by atomic mass is 32.1. The predicted octanol–water partition coefficient (Wildman–Crippen LogP) is 1.94. The van der Waals surface area contributed by atoms with Gasteiger partial charge in [0.05, 0.1) is 17.2 Å². The molecule has 2 atom stereocenters. The topological polar surface area (TPSA) is 42.1 Å². The van der Waals surface area contributed by atoms with E-state index < -0.39 is 0 Å². The van der Waals surface area contributed by atoms with Gasteiger partial charge in [-0.15, -0.1) is 11.3 Å². The molecule has 2 rings (SSSR count). The summed E-state index contributed by atoms with van der Waals surface area (Å²) in [6.45, 7) is 6.59. The average molecular weight is 225 g/mol. The van der Waals surface area contributed by atoms with Gasteiger partial charge in [-0.2, -0.15) is 0 Å². The monoisotopic (exact) mass is 225 g/mol. The number of aryl methyl sites for hydroxylation is 1. The maximum Gasteiger partial charge on any atom is 0.0798 e. The van der Waals surface area contributed by atoms with Crippen LogP contribution in [0.2, 0.25) is 0 Å². The molecule has 0 saturated carbocycles. The Morgan fingerprint density at radius 3 is 3.07 bits per heavy atom. The molecule has 0 radical (unpaired) electrons. The first-order valence-corrected chi connectivity index (χ1v) is 6.51. The fourth-order valence-corrected chi connectivity index (χ4v) is 3.39. The van der Waals surface area contributed by atoms with Gasteiger partial charge in [0.15, 0.2) is 0 Å². The summed E-state index contributed by atoms with van der Waals surface area (Å²) in [5.74, 6) is 0. The first-order chi connectivity index (χ1) is 7.24. The molecule has 0 spiro atoms. The van der Waals surface area contributed by atoms with Gasteiger partial charge in [0.25, 0.3) is 0 Å². The van der Waals surface area contributed by atoms with Gasteiger partial charge in [-0.1, -0.05) is 6.92 Å². The van der Waals surface area contributed by atoms with Crippen molar-refractivity contribution in [3.8, 4) is 0 Å². The number of aromatic nitrogens is 1. The van der Waals surface area contributed by atoms with Crippen LogP contribution in [0.3, 0.4) is 0 Å². The van der Waals surface area contributed by atoms with Crippen LogP contribution in [0.15, 0.2) is 5.51 Å². The molecule has 2 heterocycles. The minimum absolute atomic E-state index is 0.288. The summed E-state index contributed by atoms with van der Waals surface area (Å²) < 4.78 is 0. The van der Waals surface area contributed by atoms with Crippen LogP contribution >= 0.6 is 11.3 Å². The van der Waals surface area contributed by atoms with Crippen molar-refractivity contribution in [1.82, 2.24) is 9.88 Å². The fraction of sp³-hybridized carbons (Fsp3) is 0.727. The third kappa shape index (κ3) is 2.07. The van der Waals surface area contributed by atoms with Crippen LogP contribution < -0.4 is 5.73 Å². The van der Waals surface area contributed by atoms with E-state index >= 15 is 0 Å². The summed E-state index contributed by atoms with van der Waals surface area (Å²) in [5.41, 5.74) is 9.28. The Morgan fingerprint density at radius 1 is 1.67 bits per heavy atom. The van der Waals surface area contributed by atoms with Crippen LogP contribution in [0, 0.1) is 6.92 Å². The van der Waals surface area contributed by atoms with Crippen molar-refractivity contribution in [2.45, 2.75) is 38.8 Å². The number of hydrogen-bond donors (Lipinski definition) is 1. The lowest BCUT2D eigenvalue weighted by atomic mass is 10.1. The molecule has 15 heavy (non-hydrogen) atoms. The van der Waals surface area contributed by atoms with E-state index in [0.717, 1.165) is 25.2 Å². The van der Waals surface area contributed by atoms with Gasteiger partial charge in [-0.3, -0.25) is 4.90 Å². The smallest absolute Gasteiger partial charge is 0.0798 e. The molecule has 1 saturated heterocycles. The van der Waals surface area contributed by atoms with Crippen LogP contribution in [0.1, 0.15) is 36.4 Å². The van der Waals surface area contributed by atoms with Crippen molar-refractivity contribution in [2.24, 2.45) is 5.73 Å². The molecular formula is C11H19N3S. The third-order valence-corrected chi connectivity index (χ3v) is 4.11. The lowest BCUT2D eigenvalue weighted by Crippen LogP contribution is -2.32. The Hall–Kier alpha value is -0.450. The first-order valence-electron chi connectivity index (χ1n) is 5.63. The minimum Gasteiger partial charge on any atom is -0.326 e. The second-order valence-corrected chi connectivity index (χ2v) is 5.12. The van der Waals surface area contributed by atoms with Crippen molar-refractivity contribution < 1.29 is 0 Å². The Balaban J connectivity index is 2.21. The van der Waals surface area contributed by atoms with Gasteiger partial charge in [-0.05, 0) is 26.3 Å². The Kier molecular flexibility index (Phi) is 3.38. The Labute approximate surface area is 95.3 Å². The van der Waals surface area contributed by atoms with Crippen LogP contribution in [0.25, 0.3) is 0 Å². The van der Waals surface area contributed by atoms with Gasteiger partial charge in [0.2, 0.25) is 0 Å². The van der Waals surface area contributed by atoms with Gasteiger partial charge in [-0.25, -0.2) is 4.98 Å². The molecule has 4 heteroatoms. The summed E-state index contributed by atoms with van der Waals surface area (Å²) in [4.78, 5) is 8.20. The molecule has 1 fully saturated rings. The molecule has 0 amide bonds. The van der Waals surface area contributed by atoms with E-state index in [0.29, 0.717) is 6.04 Å². The van der Waals surface area contributed by atoms with Crippen molar-refractivity contribution in [3.63, 3.8) is 0 Å². The van der Waals surface area contributed by atoms with Crippen molar-refractivity contribution in [2.75, 3.05) is 13.1 Å². The number of likely N-dealkylation sites (tertiary alicyclic amines) is 1. The number of hydrogen-bond acceptors (Lipinski definition) is 4. The third-order valence-electron chi connectivity index (χ3n) is 3.11. The molecule has 0 unspecified atom stereocenters. The molecule has 84 valence electrons. The molecule has 1 aliphatic rings. The molecule has 0 bridgehead atoms. The Morgan fingerprint density at radius 2 is 2.47 bits per heavy atom. The molecule has 0 aliphatic carbocycles. The summed E-state index contributed by atoms with van der Waals surface area (Å²) in [6, 6.07) is 0.702. The lowest BCUT2D eigenvalue weighted by molar-refractivity contribution is 0.250. The SMILES string of the molecule is CCCN1CC[C@@H](N)[C@@H]1c1scnc1C. The number of nitrogens with two attached hydrogens (primary N) is 1. The van der Waals surface area contributed by atoms with Crippen LogP contribution in [-0.2, 0) is 0 Å². The molecule has 1 aromatic heterocycles. The van der Waals surface area contributed by atoms with Gasteiger partial charge in [0, 0.05) is 17.5 Å². The van der Waals surface area contributed by atoms with Crippen LogP contribution in [0.4, 0.5) is 0 Å². The highest BCUT2D eigenvalue weighted by molar-refractivity contribution is 7.09. The van der Waals surface area contributed by atoms with Gasteiger partial charge >= 0.3 is 0 Å². The first kappa shape index (κ1) is 11.0. The zero-order chi connectivity index (χ0) is 10.8. The molecular weight excluding hydrogens is 206 g/mol. The molecule has 0 aromatic carbocycles. The fourth-order valence-electron chi connectivity index (χ4n) is 2.38. The normalized spacial score (nSPS) is 27.4. The zero-order valence-corrected chi connectivity index (χ0v) is 10.3. The van der Waals surface area contributed by atoms with Gasteiger partial charge < -0.3 is 5.73 Å². The van der Waals surface area contributed by atoms with Crippen molar-refractivity contribution in [3.05, 3.63) is 16.1 Å². The van der Waals surface area contributed by atoms with Crippen LogP contribution in [0.5, 0.6) is 0 Å². The van der Waals surface area contributed by atoms with Crippen LogP contribution in [-0.4, -0.2) is 29.0 Å². The highest BCUT2D eigenvalue weighted by Crippen LogP contribution is 2.34. The van der Waals surface area contributed by atoms with E-state index in [4.69, 9.17) is 5.73 Å². The summed E-state index contributed by atoms with van der Waals surface area (Å²) >= 11 is 1.75. The zero-order valence-electron chi connectivity index (χ0n) is 9.44. The number of rotatable bonds is 3. The largest absolute Gasteiger partial charge is 0.326 e. The van der Waals surface area contributed by atoms with E-state index in [2.05, 4.69) is 23.7 Å². The van der Waals surface area contributed by atoms with E-state index in [1.807, 2.05) is 5.51 Å². The summed E-state index contributed by atoms with van der Waals surface area (Å²) in [7, 11) is 0. The maximum absolute atomic E-state index is 6.20. The summed E-state index contributed by atoms with van der Waals surface area (Å²) in [5, 5.41) is 0. The second-order valence-electron chi connectivity index (χ2n) is 4.24. The van der Waals surface area contributed by atoms with E-state index in [-0.39, 0.29) is 6.04 Å². The summed E-state index contributed by atoms with van der Waals surface area (Å²) in [6.07, 6.45) is 2.31.